The van der Waals surface area contributed by atoms with Crippen molar-refractivity contribution in [2.45, 2.75) is 44.6 Å². The van der Waals surface area contributed by atoms with Crippen LogP contribution in [0.3, 0.4) is 0 Å². The van der Waals surface area contributed by atoms with E-state index >= 15 is 0 Å². The molecule has 0 unspecified atom stereocenters. The number of nitrogens with zero attached hydrogens (tertiary/aromatic N) is 5. The molecule has 2 aromatic heterocycles. The number of rotatable bonds is 5. The van der Waals surface area contributed by atoms with Crippen LogP contribution >= 0.6 is 0 Å². The number of aromatic nitrogens is 3. The first-order valence-electron chi connectivity index (χ1n) is 12.1. The minimum Gasteiger partial charge on any atom is -0.372 e. The molecule has 3 saturated carbocycles. The van der Waals surface area contributed by atoms with Gasteiger partial charge in [-0.25, -0.2) is 4.98 Å². The zero-order chi connectivity index (χ0) is 22.7. The number of benzene rings is 1. The van der Waals surface area contributed by atoms with Gasteiger partial charge in [0.1, 0.15) is 11.3 Å². The fraction of sp³-hybridized carbons (Fsp3) is 0.500. The van der Waals surface area contributed by atoms with E-state index in [1.807, 2.05) is 12.3 Å². The van der Waals surface area contributed by atoms with Crippen LogP contribution in [0.5, 0.6) is 0 Å². The average Bonchev–Trinajstić information content (AvgIpc) is 3.11. The number of hydrogen-bond acceptors (Lipinski definition) is 5. The molecule has 4 fully saturated rings. The Morgan fingerprint density at radius 3 is 2.42 bits per heavy atom. The summed E-state index contributed by atoms with van der Waals surface area (Å²) < 4.78 is 2.21. The molecule has 3 aliphatic carbocycles. The van der Waals surface area contributed by atoms with Crippen molar-refractivity contribution in [3.8, 4) is 0 Å². The number of amides is 1. The van der Waals surface area contributed by atoms with Crippen molar-refractivity contribution in [3.63, 3.8) is 0 Å². The third-order valence-corrected chi connectivity index (χ3v) is 7.92. The zero-order valence-corrected chi connectivity index (χ0v) is 19.7. The van der Waals surface area contributed by atoms with Crippen molar-refractivity contribution in [3.05, 3.63) is 42.2 Å². The lowest BCUT2D eigenvalue weighted by Crippen LogP contribution is -2.60. The van der Waals surface area contributed by atoms with Crippen LogP contribution in [0.4, 0.5) is 17.3 Å². The Balaban J connectivity index is 1.28. The second kappa shape index (κ2) is 7.47. The van der Waals surface area contributed by atoms with Gasteiger partial charge < -0.3 is 19.7 Å². The second-order valence-corrected chi connectivity index (χ2v) is 10.6. The molecule has 1 saturated heterocycles. The monoisotopic (exact) mass is 444 g/mol. The molecule has 2 bridgehead atoms. The summed E-state index contributed by atoms with van der Waals surface area (Å²) in [5.41, 5.74) is 3.88. The van der Waals surface area contributed by atoms with Gasteiger partial charge in [0.15, 0.2) is 0 Å². The molecular weight excluding hydrogens is 412 g/mol. The summed E-state index contributed by atoms with van der Waals surface area (Å²) in [4.78, 5) is 26.5. The van der Waals surface area contributed by atoms with E-state index < -0.39 is 0 Å². The van der Waals surface area contributed by atoms with Crippen LogP contribution in [0.2, 0.25) is 0 Å². The van der Waals surface area contributed by atoms with Gasteiger partial charge in [0, 0.05) is 55.7 Å². The van der Waals surface area contributed by atoms with E-state index in [2.05, 4.69) is 51.0 Å². The molecule has 3 heterocycles. The highest BCUT2D eigenvalue weighted by Gasteiger charge is 2.59. The van der Waals surface area contributed by atoms with Crippen LogP contribution in [-0.2, 0) is 5.54 Å². The first-order chi connectivity index (χ1) is 15.9. The highest BCUT2D eigenvalue weighted by atomic mass is 16.2. The van der Waals surface area contributed by atoms with Crippen LogP contribution in [0.15, 0.2) is 36.5 Å². The average molecular weight is 445 g/mol. The molecule has 0 spiro atoms. The molecule has 1 aliphatic heterocycles. The Morgan fingerprint density at radius 1 is 1.12 bits per heavy atom. The first kappa shape index (κ1) is 20.5. The largest absolute Gasteiger partial charge is 0.372 e. The fourth-order valence-corrected chi connectivity index (χ4v) is 5.77. The number of nitrogens with one attached hydrogen (secondary N) is 1. The van der Waals surface area contributed by atoms with Crippen LogP contribution in [0, 0.1) is 11.8 Å². The van der Waals surface area contributed by atoms with E-state index in [9.17, 15) is 4.79 Å². The number of fused-ring (bicyclic) bond motifs is 1. The Morgan fingerprint density at radius 2 is 1.82 bits per heavy atom. The van der Waals surface area contributed by atoms with E-state index in [0.717, 1.165) is 66.6 Å². The minimum absolute atomic E-state index is 0.0231. The smallest absolute Gasteiger partial charge is 0.270 e. The number of hydrogen-bond donors (Lipinski definition) is 1. The molecule has 7 rings (SSSR count). The van der Waals surface area contributed by atoms with Crippen molar-refractivity contribution in [1.82, 2.24) is 19.4 Å². The molecule has 0 atom stereocenters. The summed E-state index contributed by atoms with van der Waals surface area (Å²) in [7, 11) is 3.61. The molecule has 1 amide bonds. The van der Waals surface area contributed by atoms with Gasteiger partial charge in [-0.2, -0.15) is 4.98 Å². The summed E-state index contributed by atoms with van der Waals surface area (Å²) in [6.45, 7) is 4.59. The molecule has 4 aliphatic rings. The van der Waals surface area contributed by atoms with Crippen molar-refractivity contribution in [2.24, 2.45) is 11.8 Å². The molecule has 3 aromatic rings. The fourth-order valence-electron chi connectivity index (χ4n) is 5.77. The van der Waals surface area contributed by atoms with Crippen LogP contribution in [0.25, 0.3) is 11.0 Å². The molecular formula is C26H32N6O. The molecule has 1 aromatic carbocycles. The Hall–Kier alpha value is -3.09. The van der Waals surface area contributed by atoms with Gasteiger partial charge in [-0.3, -0.25) is 4.79 Å². The zero-order valence-electron chi connectivity index (χ0n) is 19.7. The Bertz CT molecular complexity index is 1190. The number of carbonyl (C=O) groups is 1. The van der Waals surface area contributed by atoms with E-state index in [1.165, 1.54) is 18.5 Å². The SMILES string of the molecule is CC1CCN(c2ccc(Nc3ncc4cc(C(=O)N(C)C)n(C56CC(C5)C6)c4n3)cc2)CC1. The first-order valence-corrected chi connectivity index (χ1v) is 12.1. The Labute approximate surface area is 194 Å². The molecule has 172 valence electrons. The van der Waals surface area contributed by atoms with E-state index in [-0.39, 0.29) is 11.4 Å². The maximum absolute atomic E-state index is 12.9. The molecule has 7 nitrogen and oxygen atoms in total. The number of anilines is 3. The number of piperidine rings is 1. The lowest BCUT2D eigenvalue weighted by molar-refractivity contribution is -0.0870. The maximum atomic E-state index is 12.9. The summed E-state index contributed by atoms with van der Waals surface area (Å²) >= 11 is 0. The topological polar surface area (TPSA) is 66.3 Å². The number of carbonyl (C=O) groups excluding carboxylic acids is 1. The summed E-state index contributed by atoms with van der Waals surface area (Å²) in [6.07, 6.45) is 7.79. The summed E-state index contributed by atoms with van der Waals surface area (Å²) in [6, 6.07) is 10.5. The second-order valence-electron chi connectivity index (χ2n) is 10.6. The quantitative estimate of drug-likeness (QED) is 0.622. The predicted octanol–water partition coefficient (Wildman–Crippen LogP) is 4.62. The van der Waals surface area contributed by atoms with Gasteiger partial charge in [0.05, 0.1) is 0 Å². The Kier molecular flexibility index (Phi) is 4.64. The third-order valence-electron chi connectivity index (χ3n) is 7.92. The van der Waals surface area contributed by atoms with Gasteiger partial charge in [0.25, 0.3) is 5.91 Å². The normalized spacial score (nSPS) is 24.3. The molecule has 33 heavy (non-hydrogen) atoms. The highest BCUT2D eigenvalue weighted by molar-refractivity contribution is 5.98. The molecule has 1 N–H and O–H groups in total. The molecule has 7 heteroatoms. The van der Waals surface area contributed by atoms with Gasteiger partial charge in [-0.15, -0.1) is 0 Å². The van der Waals surface area contributed by atoms with Gasteiger partial charge in [-0.1, -0.05) is 6.92 Å². The van der Waals surface area contributed by atoms with Crippen LogP contribution < -0.4 is 10.2 Å². The standard InChI is InChI=1S/C26H32N6O/c1-17-8-10-31(11-9-17)21-6-4-20(5-7-21)28-25-27-16-19-12-22(24(33)30(2)3)32(23(19)29-25)26-13-18(14-26)15-26/h4-7,12,16-18H,8-11,13-15H2,1-3H3,(H,27,28,29). The van der Waals surface area contributed by atoms with Crippen LogP contribution in [-0.4, -0.2) is 52.5 Å². The van der Waals surface area contributed by atoms with Crippen molar-refractivity contribution in [1.29, 1.82) is 0 Å². The minimum atomic E-state index is 0.0231. The molecule has 0 radical (unpaired) electrons. The van der Waals surface area contributed by atoms with Gasteiger partial charge >= 0.3 is 0 Å². The summed E-state index contributed by atoms with van der Waals surface area (Å²) in [5.74, 6) is 2.23. The highest BCUT2D eigenvalue weighted by Crippen LogP contribution is 2.63. The van der Waals surface area contributed by atoms with Gasteiger partial charge in [-0.05, 0) is 74.3 Å². The lowest BCUT2D eigenvalue weighted by Gasteiger charge is -2.62. The maximum Gasteiger partial charge on any atom is 0.270 e. The predicted molar refractivity (Wildman–Crippen MR) is 131 cm³/mol. The van der Waals surface area contributed by atoms with Gasteiger partial charge in [0.2, 0.25) is 5.95 Å². The van der Waals surface area contributed by atoms with E-state index in [4.69, 9.17) is 4.98 Å². The lowest BCUT2D eigenvalue weighted by atomic mass is 9.49. The van der Waals surface area contributed by atoms with Crippen molar-refractivity contribution in [2.75, 3.05) is 37.4 Å². The van der Waals surface area contributed by atoms with E-state index in [1.54, 1.807) is 19.0 Å². The third kappa shape index (κ3) is 3.36. The summed E-state index contributed by atoms with van der Waals surface area (Å²) in [5, 5.41) is 4.29. The van der Waals surface area contributed by atoms with Crippen LogP contribution in [0.1, 0.15) is 49.5 Å². The van der Waals surface area contributed by atoms with Crippen molar-refractivity contribution >= 4 is 34.3 Å². The van der Waals surface area contributed by atoms with Crippen molar-refractivity contribution < 1.29 is 4.79 Å². The van der Waals surface area contributed by atoms with E-state index in [0.29, 0.717) is 5.95 Å².